The molecule has 0 spiro atoms. The van der Waals surface area contributed by atoms with Crippen LogP contribution in [0.4, 0.5) is 0 Å². The van der Waals surface area contributed by atoms with Crippen LogP contribution in [0.25, 0.3) is 0 Å². The van der Waals surface area contributed by atoms with E-state index < -0.39 is 0 Å². The van der Waals surface area contributed by atoms with E-state index in [0.717, 1.165) is 24.7 Å². The van der Waals surface area contributed by atoms with Gasteiger partial charge in [0, 0.05) is 26.3 Å². The lowest BCUT2D eigenvalue weighted by Crippen LogP contribution is -2.37. The van der Waals surface area contributed by atoms with Gasteiger partial charge in [-0.3, -0.25) is 14.9 Å². The monoisotopic (exact) mass is 351 g/mol. The molecule has 1 aliphatic heterocycles. The Morgan fingerprint density at radius 3 is 2.42 bits per heavy atom. The van der Waals surface area contributed by atoms with Crippen LogP contribution in [0.3, 0.4) is 0 Å². The summed E-state index contributed by atoms with van der Waals surface area (Å²) in [6.45, 7) is 4.91. The van der Waals surface area contributed by atoms with E-state index in [0.29, 0.717) is 6.54 Å². The maximum atomic E-state index is 4.33. The third kappa shape index (κ3) is 5.56. The molecule has 2 aromatic rings. The fourth-order valence-corrected chi connectivity index (χ4v) is 3.32. The minimum Gasteiger partial charge on any atom is -0.352 e. The third-order valence-corrected chi connectivity index (χ3v) is 4.79. The molecule has 0 saturated carbocycles. The summed E-state index contributed by atoms with van der Waals surface area (Å²) < 4.78 is 0. The topological polar surface area (TPSA) is 52.6 Å². The minimum atomic E-state index is 0.663. The molecule has 1 fully saturated rings. The standard InChI is InChI=1S/C21H29N5/c1-22-21(25-16-20-11-5-6-12-23-20)24-15-18-9-3-4-10-19(18)17-26-13-7-2-8-14-26/h3-6,9-12H,2,7-8,13-17H2,1H3,(H2,22,24,25). The van der Waals surface area contributed by atoms with Crippen molar-refractivity contribution in [3.8, 4) is 0 Å². The number of hydrogen-bond donors (Lipinski definition) is 2. The fourth-order valence-electron chi connectivity index (χ4n) is 3.32. The summed E-state index contributed by atoms with van der Waals surface area (Å²) in [7, 11) is 1.80. The fraction of sp³-hybridized carbons (Fsp3) is 0.429. The van der Waals surface area contributed by atoms with E-state index >= 15 is 0 Å². The van der Waals surface area contributed by atoms with Gasteiger partial charge in [0.25, 0.3) is 0 Å². The molecule has 1 aromatic carbocycles. The zero-order valence-corrected chi connectivity index (χ0v) is 15.6. The maximum Gasteiger partial charge on any atom is 0.191 e. The second kappa shape index (κ2) is 9.92. The number of likely N-dealkylation sites (tertiary alicyclic amines) is 1. The first-order chi connectivity index (χ1) is 12.8. The largest absolute Gasteiger partial charge is 0.352 e. The van der Waals surface area contributed by atoms with E-state index in [9.17, 15) is 0 Å². The molecule has 2 N–H and O–H groups in total. The van der Waals surface area contributed by atoms with Crippen molar-refractivity contribution in [2.45, 2.75) is 38.9 Å². The number of benzene rings is 1. The Labute approximate surface area is 156 Å². The number of rotatable bonds is 6. The number of nitrogens with one attached hydrogen (secondary N) is 2. The summed E-state index contributed by atoms with van der Waals surface area (Å²) in [5, 5.41) is 6.75. The molecule has 26 heavy (non-hydrogen) atoms. The van der Waals surface area contributed by atoms with E-state index in [1.165, 1.54) is 43.5 Å². The van der Waals surface area contributed by atoms with Crippen LogP contribution >= 0.6 is 0 Å². The Kier molecular flexibility index (Phi) is 7.02. The molecule has 138 valence electrons. The number of nitrogens with zero attached hydrogens (tertiary/aromatic N) is 3. The van der Waals surface area contributed by atoms with E-state index in [2.05, 4.69) is 49.8 Å². The van der Waals surface area contributed by atoms with Crippen LogP contribution in [0.15, 0.2) is 53.7 Å². The highest BCUT2D eigenvalue weighted by molar-refractivity contribution is 5.79. The molecule has 0 unspecified atom stereocenters. The first kappa shape index (κ1) is 18.4. The average Bonchev–Trinajstić information content (AvgIpc) is 2.71. The predicted octanol–water partition coefficient (Wildman–Crippen LogP) is 2.93. The highest BCUT2D eigenvalue weighted by Crippen LogP contribution is 2.16. The molecule has 2 heterocycles. The molecule has 0 amide bonds. The van der Waals surface area contributed by atoms with Crippen molar-refractivity contribution in [2.24, 2.45) is 4.99 Å². The Bertz CT molecular complexity index is 693. The number of guanidine groups is 1. The summed E-state index contributed by atoms with van der Waals surface area (Å²) in [6.07, 6.45) is 5.83. The molecule has 1 saturated heterocycles. The zero-order chi connectivity index (χ0) is 18.0. The third-order valence-electron chi connectivity index (χ3n) is 4.79. The predicted molar refractivity (Wildman–Crippen MR) is 107 cm³/mol. The molecular formula is C21H29N5. The van der Waals surface area contributed by atoms with Crippen molar-refractivity contribution in [1.29, 1.82) is 0 Å². The van der Waals surface area contributed by atoms with Crippen LogP contribution in [0.1, 0.15) is 36.1 Å². The molecule has 0 bridgehead atoms. The highest BCUT2D eigenvalue weighted by atomic mass is 15.2. The van der Waals surface area contributed by atoms with E-state index in [1.807, 2.05) is 24.4 Å². The lowest BCUT2D eigenvalue weighted by Gasteiger charge is -2.27. The average molecular weight is 351 g/mol. The van der Waals surface area contributed by atoms with E-state index in [1.54, 1.807) is 7.05 Å². The zero-order valence-electron chi connectivity index (χ0n) is 15.6. The van der Waals surface area contributed by atoms with E-state index in [-0.39, 0.29) is 0 Å². The van der Waals surface area contributed by atoms with Crippen molar-refractivity contribution in [3.05, 3.63) is 65.5 Å². The Balaban J connectivity index is 1.54. The number of aliphatic imine (C=N–C) groups is 1. The van der Waals surface area contributed by atoms with Gasteiger partial charge >= 0.3 is 0 Å². The van der Waals surface area contributed by atoms with Crippen molar-refractivity contribution < 1.29 is 0 Å². The normalized spacial score (nSPS) is 15.7. The van der Waals surface area contributed by atoms with Crippen molar-refractivity contribution >= 4 is 5.96 Å². The number of hydrogen-bond acceptors (Lipinski definition) is 3. The molecule has 0 radical (unpaired) electrons. The molecule has 0 atom stereocenters. The summed E-state index contributed by atoms with van der Waals surface area (Å²) in [5.41, 5.74) is 3.74. The summed E-state index contributed by atoms with van der Waals surface area (Å²) in [6, 6.07) is 14.6. The number of aromatic nitrogens is 1. The van der Waals surface area contributed by atoms with Gasteiger partial charge in [-0.25, -0.2) is 0 Å². The maximum absolute atomic E-state index is 4.33. The van der Waals surface area contributed by atoms with Crippen LogP contribution in [0.5, 0.6) is 0 Å². The molecule has 0 aliphatic carbocycles. The lowest BCUT2D eigenvalue weighted by atomic mass is 10.0. The quantitative estimate of drug-likeness (QED) is 0.621. The van der Waals surface area contributed by atoms with Gasteiger partial charge in [0.05, 0.1) is 12.2 Å². The van der Waals surface area contributed by atoms with Gasteiger partial charge in [0.2, 0.25) is 0 Å². The molecule has 1 aromatic heterocycles. The first-order valence-electron chi connectivity index (χ1n) is 9.49. The highest BCUT2D eigenvalue weighted by Gasteiger charge is 2.12. The lowest BCUT2D eigenvalue weighted by molar-refractivity contribution is 0.220. The van der Waals surface area contributed by atoms with Gasteiger partial charge in [0.1, 0.15) is 0 Å². The molecule has 1 aliphatic rings. The Morgan fingerprint density at radius 2 is 1.69 bits per heavy atom. The second-order valence-corrected chi connectivity index (χ2v) is 6.71. The van der Waals surface area contributed by atoms with Crippen molar-refractivity contribution in [3.63, 3.8) is 0 Å². The van der Waals surface area contributed by atoms with Gasteiger partial charge in [-0.1, -0.05) is 36.8 Å². The molecule has 5 nitrogen and oxygen atoms in total. The molecule has 3 rings (SSSR count). The van der Waals surface area contributed by atoms with Crippen molar-refractivity contribution in [2.75, 3.05) is 20.1 Å². The summed E-state index contributed by atoms with van der Waals surface area (Å²) in [4.78, 5) is 11.2. The van der Waals surface area contributed by atoms with Gasteiger partial charge in [-0.05, 0) is 49.2 Å². The molecular weight excluding hydrogens is 322 g/mol. The van der Waals surface area contributed by atoms with Crippen LogP contribution in [0, 0.1) is 0 Å². The van der Waals surface area contributed by atoms with E-state index in [4.69, 9.17) is 0 Å². The molecule has 5 heteroatoms. The Morgan fingerprint density at radius 1 is 0.962 bits per heavy atom. The SMILES string of the molecule is CN=C(NCc1ccccn1)NCc1ccccc1CN1CCCCC1. The number of piperidine rings is 1. The Hall–Kier alpha value is -2.40. The van der Waals surface area contributed by atoms with Crippen LogP contribution in [0.2, 0.25) is 0 Å². The van der Waals surface area contributed by atoms with Gasteiger partial charge in [-0.15, -0.1) is 0 Å². The number of pyridine rings is 1. The van der Waals surface area contributed by atoms with Crippen molar-refractivity contribution in [1.82, 2.24) is 20.5 Å². The first-order valence-corrected chi connectivity index (χ1v) is 9.49. The van der Waals surface area contributed by atoms with Crippen LogP contribution in [-0.4, -0.2) is 36.0 Å². The summed E-state index contributed by atoms with van der Waals surface area (Å²) in [5.74, 6) is 0.795. The van der Waals surface area contributed by atoms with Gasteiger partial charge < -0.3 is 10.6 Å². The van der Waals surface area contributed by atoms with Gasteiger partial charge in [0.15, 0.2) is 5.96 Å². The van der Waals surface area contributed by atoms with Crippen LogP contribution < -0.4 is 10.6 Å². The smallest absolute Gasteiger partial charge is 0.191 e. The summed E-state index contributed by atoms with van der Waals surface area (Å²) >= 11 is 0. The van der Waals surface area contributed by atoms with Crippen LogP contribution in [-0.2, 0) is 19.6 Å². The second-order valence-electron chi connectivity index (χ2n) is 6.71. The minimum absolute atomic E-state index is 0.663. The van der Waals surface area contributed by atoms with Gasteiger partial charge in [-0.2, -0.15) is 0 Å².